The van der Waals surface area contributed by atoms with E-state index < -0.39 is 30.0 Å². The number of carbonyl (C=O) groups is 2. The summed E-state index contributed by atoms with van der Waals surface area (Å²) in [6.45, 7) is -0.630. The number of hydrogen-bond donors (Lipinski definition) is 3. The van der Waals surface area contributed by atoms with E-state index in [0.29, 0.717) is 4.47 Å². The van der Waals surface area contributed by atoms with Gasteiger partial charge in [-0.05, 0) is 18.2 Å². The fourth-order valence-corrected chi connectivity index (χ4v) is 2.03. The van der Waals surface area contributed by atoms with Crippen LogP contribution >= 0.6 is 15.9 Å². The standard InChI is InChI=1S/C12H8BrNO6/c13-5-1-2-6-7(3-5)9(12(19)20-11(6)18)10(17)14-4-8(15)16/h1-3,18H,4H2,(H,14,17)(H,15,16). The number of carboxylic acid groups (broad SMARTS) is 1. The monoisotopic (exact) mass is 341 g/mol. The van der Waals surface area contributed by atoms with E-state index in [0.717, 1.165) is 0 Å². The van der Waals surface area contributed by atoms with Crippen molar-refractivity contribution in [2.24, 2.45) is 0 Å². The Morgan fingerprint density at radius 2 is 2.00 bits per heavy atom. The molecule has 0 unspecified atom stereocenters. The molecule has 8 heteroatoms. The first-order valence-corrected chi connectivity index (χ1v) is 6.14. The molecule has 1 aromatic heterocycles. The largest absolute Gasteiger partial charge is 0.480 e. The van der Waals surface area contributed by atoms with Crippen LogP contribution in [-0.2, 0) is 4.79 Å². The molecule has 0 saturated carbocycles. The molecule has 3 N–H and O–H groups in total. The molecule has 7 nitrogen and oxygen atoms in total. The predicted molar refractivity (Wildman–Crippen MR) is 71.8 cm³/mol. The Hall–Kier alpha value is -2.35. The zero-order chi connectivity index (χ0) is 14.9. The van der Waals surface area contributed by atoms with Crippen molar-refractivity contribution in [2.75, 3.05) is 6.54 Å². The molecule has 0 aliphatic rings. The number of amides is 1. The number of fused-ring (bicyclic) bond motifs is 1. The molecule has 0 spiro atoms. The second-order valence-corrected chi connectivity index (χ2v) is 4.75. The number of halogens is 1. The SMILES string of the molecule is O=C(O)CNC(=O)c1c(=O)oc(O)c2ccc(Br)cc12. The van der Waals surface area contributed by atoms with Gasteiger partial charge in [0.2, 0.25) is 0 Å². The van der Waals surface area contributed by atoms with E-state index >= 15 is 0 Å². The number of aromatic hydroxyl groups is 1. The third-order valence-electron chi connectivity index (χ3n) is 2.50. The molecule has 1 heterocycles. The highest BCUT2D eigenvalue weighted by molar-refractivity contribution is 9.10. The summed E-state index contributed by atoms with van der Waals surface area (Å²) in [5, 5.41) is 20.5. The molecule has 0 aliphatic carbocycles. The summed E-state index contributed by atoms with van der Waals surface area (Å²) in [5.74, 6) is -2.73. The highest BCUT2D eigenvalue weighted by Gasteiger charge is 2.20. The highest BCUT2D eigenvalue weighted by Crippen LogP contribution is 2.27. The van der Waals surface area contributed by atoms with E-state index in [4.69, 9.17) is 5.11 Å². The van der Waals surface area contributed by atoms with Gasteiger partial charge in [-0.15, -0.1) is 0 Å². The summed E-state index contributed by atoms with van der Waals surface area (Å²) in [4.78, 5) is 34.0. The first-order valence-electron chi connectivity index (χ1n) is 5.35. The van der Waals surface area contributed by atoms with Crippen LogP contribution in [0.3, 0.4) is 0 Å². The van der Waals surface area contributed by atoms with Crippen LogP contribution in [0.15, 0.2) is 31.9 Å². The second kappa shape index (κ2) is 5.33. The third-order valence-corrected chi connectivity index (χ3v) is 3.00. The number of nitrogens with one attached hydrogen (secondary N) is 1. The Morgan fingerprint density at radius 1 is 1.30 bits per heavy atom. The van der Waals surface area contributed by atoms with Crippen LogP contribution in [0.4, 0.5) is 0 Å². The average molecular weight is 342 g/mol. The number of carbonyl (C=O) groups excluding carboxylic acids is 1. The first kappa shape index (κ1) is 14.1. The van der Waals surface area contributed by atoms with Gasteiger partial charge in [-0.2, -0.15) is 0 Å². The molecule has 2 rings (SSSR count). The maximum atomic E-state index is 11.9. The Bertz CT molecular complexity index is 766. The summed E-state index contributed by atoms with van der Waals surface area (Å²) in [7, 11) is 0. The molecule has 104 valence electrons. The van der Waals surface area contributed by atoms with E-state index in [2.05, 4.69) is 25.7 Å². The zero-order valence-electron chi connectivity index (χ0n) is 9.84. The molecule has 0 saturated heterocycles. The van der Waals surface area contributed by atoms with Crippen LogP contribution in [0.1, 0.15) is 10.4 Å². The molecule has 0 atom stereocenters. The summed E-state index contributed by atoms with van der Waals surface area (Å²) in [5.41, 5.74) is -1.41. The molecule has 0 bridgehead atoms. The van der Waals surface area contributed by atoms with Gasteiger partial charge in [0.15, 0.2) is 0 Å². The van der Waals surface area contributed by atoms with Gasteiger partial charge in [-0.3, -0.25) is 9.59 Å². The molecule has 20 heavy (non-hydrogen) atoms. The molecule has 1 aromatic carbocycles. The zero-order valence-corrected chi connectivity index (χ0v) is 11.4. The fourth-order valence-electron chi connectivity index (χ4n) is 1.67. The van der Waals surface area contributed by atoms with Gasteiger partial charge < -0.3 is 19.9 Å². The smallest absolute Gasteiger partial charge is 0.352 e. The van der Waals surface area contributed by atoms with Crippen molar-refractivity contribution in [3.63, 3.8) is 0 Å². The lowest BCUT2D eigenvalue weighted by Crippen LogP contribution is -2.32. The molecule has 2 aromatic rings. The van der Waals surface area contributed by atoms with Crippen LogP contribution in [-0.4, -0.2) is 28.6 Å². The van der Waals surface area contributed by atoms with Crippen LogP contribution in [0, 0.1) is 0 Å². The molecule has 1 amide bonds. The van der Waals surface area contributed by atoms with Crippen LogP contribution in [0.25, 0.3) is 10.8 Å². The summed E-state index contributed by atoms with van der Waals surface area (Å²) in [6.07, 6.45) is 0. The lowest BCUT2D eigenvalue weighted by molar-refractivity contribution is -0.135. The predicted octanol–water partition coefficient (Wildman–Crippen LogP) is 1.08. The summed E-state index contributed by atoms with van der Waals surface area (Å²) in [6, 6.07) is 4.52. The van der Waals surface area contributed by atoms with Crippen molar-refractivity contribution in [1.82, 2.24) is 5.32 Å². The lowest BCUT2D eigenvalue weighted by atomic mass is 10.1. The van der Waals surface area contributed by atoms with Crippen molar-refractivity contribution < 1.29 is 24.2 Å². The van der Waals surface area contributed by atoms with Crippen molar-refractivity contribution >= 4 is 38.6 Å². The second-order valence-electron chi connectivity index (χ2n) is 3.84. The maximum absolute atomic E-state index is 11.9. The Labute approximate surface area is 120 Å². The number of aliphatic carboxylic acids is 1. The Kier molecular flexibility index (Phi) is 3.75. The van der Waals surface area contributed by atoms with E-state index in [1.165, 1.54) is 12.1 Å². The van der Waals surface area contributed by atoms with Crippen molar-refractivity contribution in [1.29, 1.82) is 0 Å². The number of carboxylic acids is 1. The lowest BCUT2D eigenvalue weighted by Gasteiger charge is -2.06. The minimum Gasteiger partial charge on any atom is -0.480 e. The molecular weight excluding hydrogens is 334 g/mol. The van der Waals surface area contributed by atoms with Gasteiger partial charge in [0.05, 0.1) is 5.39 Å². The van der Waals surface area contributed by atoms with Crippen molar-refractivity contribution in [3.8, 4) is 5.95 Å². The third kappa shape index (κ3) is 2.64. The van der Waals surface area contributed by atoms with E-state index in [-0.39, 0.29) is 16.3 Å². The van der Waals surface area contributed by atoms with Crippen LogP contribution in [0.2, 0.25) is 0 Å². The topological polar surface area (TPSA) is 117 Å². The minimum absolute atomic E-state index is 0.163. The first-order chi connectivity index (χ1) is 9.40. The van der Waals surface area contributed by atoms with E-state index in [1.54, 1.807) is 6.07 Å². The van der Waals surface area contributed by atoms with Gasteiger partial charge in [-0.1, -0.05) is 15.9 Å². The molecular formula is C12H8BrNO6. The molecule has 0 fully saturated rings. The molecule has 0 radical (unpaired) electrons. The number of rotatable bonds is 3. The average Bonchev–Trinajstić information content (AvgIpc) is 2.35. The quantitative estimate of drug-likeness (QED) is 0.768. The molecule has 0 aliphatic heterocycles. The number of hydrogen-bond acceptors (Lipinski definition) is 5. The maximum Gasteiger partial charge on any atom is 0.352 e. The van der Waals surface area contributed by atoms with E-state index in [1.807, 2.05) is 0 Å². The summed E-state index contributed by atoms with van der Waals surface area (Å²) < 4.78 is 5.15. The van der Waals surface area contributed by atoms with Gasteiger partial charge in [-0.25, -0.2) is 4.79 Å². The van der Waals surface area contributed by atoms with Gasteiger partial charge in [0.1, 0.15) is 12.1 Å². The van der Waals surface area contributed by atoms with Crippen LogP contribution in [0.5, 0.6) is 5.95 Å². The Morgan fingerprint density at radius 3 is 2.65 bits per heavy atom. The van der Waals surface area contributed by atoms with Crippen LogP contribution < -0.4 is 10.9 Å². The Balaban J connectivity index is 2.62. The van der Waals surface area contributed by atoms with Crippen molar-refractivity contribution in [2.45, 2.75) is 0 Å². The number of benzene rings is 1. The highest BCUT2D eigenvalue weighted by atomic mass is 79.9. The summed E-state index contributed by atoms with van der Waals surface area (Å²) >= 11 is 3.19. The van der Waals surface area contributed by atoms with Crippen molar-refractivity contribution in [3.05, 3.63) is 38.7 Å². The van der Waals surface area contributed by atoms with Gasteiger partial charge in [0, 0.05) is 9.86 Å². The minimum atomic E-state index is -1.24. The van der Waals surface area contributed by atoms with E-state index in [9.17, 15) is 19.5 Å². The van der Waals surface area contributed by atoms with Gasteiger partial charge in [0.25, 0.3) is 11.9 Å². The van der Waals surface area contributed by atoms with Gasteiger partial charge >= 0.3 is 11.6 Å². The fraction of sp³-hybridized carbons (Fsp3) is 0.0833. The normalized spacial score (nSPS) is 10.4.